The Hall–Kier alpha value is -2.68. The van der Waals surface area contributed by atoms with Gasteiger partial charge in [-0.3, -0.25) is 4.79 Å². The Morgan fingerprint density at radius 3 is 2.29 bits per heavy atom. The lowest BCUT2D eigenvalue weighted by molar-refractivity contribution is 0.0877. The number of hydrogen-bond donors (Lipinski definition) is 0. The molecule has 0 N–H and O–H groups in total. The van der Waals surface area contributed by atoms with E-state index >= 15 is 0 Å². The molecule has 0 aliphatic rings. The van der Waals surface area contributed by atoms with Crippen molar-refractivity contribution in [2.75, 3.05) is 13.7 Å². The number of rotatable bonds is 8. The second kappa shape index (κ2) is 9.89. The van der Waals surface area contributed by atoms with Crippen LogP contribution in [0.25, 0.3) is 28.0 Å². The van der Waals surface area contributed by atoms with Crippen molar-refractivity contribution in [3.05, 3.63) is 75.1 Å². The number of nitrogens with zero attached hydrogens (tertiary/aromatic N) is 3. The highest BCUT2D eigenvalue weighted by molar-refractivity contribution is 9.10. The summed E-state index contributed by atoms with van der Waals surface area (Å²) < 4.78 is 15.7. The molecule has 34 heavy (non-hydrogen) atoms. The van der Waals surface area contributed by atoms with Gasteiger partial charge in [-0.25, -0.2) is 0 Å². The van der Waals surface area contributed by atoms with E-state index in [4.69, 9.17) is 14.6 Å². The van der Waals surface area contributed by atoms with Crippen LogP contribution >= 0.6 is 15.9 Å². The molecule has 4 aromatic rings. The Kier molecular flexibility index (Phi) is 7.11. The van der Waals surface area contributed by atoms with E-state index in [0.717, 1.165) is 38.8 Å². The molecule has 0 saturated carbocycles. The van der Waals surface area contributed by atoms with Crippen molar-refractivity contribution in [1.29, 1.82) is 0 Å². The van der Waals surface area contributed by atoms with Gasteiger partial charge in [0.25, 0.3) is 5.56 Å². The van der Waals surface area contributed by atoms with Crippen LogP contribution in [0.5, 0.6) is 5.75 Å². The summed E-state index contributed by atoms with van der Waals surface area (Å²) in [5.41, 5.74) is 4.42. The maximum atomic E-state index is 13.7. The minimum atomic E-state index is -1.22. The van der Waals surface area contributed by atoms with Gasteiger partial charge in [0.2, 0.25) is 0 Å². The zero-order valence-electron chi connectivity index (χ0n) is 20.3. The third-order valence-corrected chi connectivity index (χ3v) is 8.31. The summed E-state index contributed by atoms with van der Waals surface area (Å²) in [7, 11) is 0.410. The SMILES string of the molecule is COc1ccc(-c2c(C)n(COCC[Si](C)(C)C)c3c(Br)c(-c4ccccc4)nn3c2=O)cc1. The van der Waals surface area contributed by atoms with Gasteiger partial charge in [-0.2, -0.15) is 9.61 Å². The van der Waals surface area contributed by atoms with Gasteiger partial charge in [0.15, 0.2) is 5.65 Å². The largest absolute Gasteiger partial charge is 0.497 e. The molecule has 0 atom stereocenters. The molecule has 0 amide bonds. The molecule has 2 heterocycles. The molecule has 0 spiro atoms. The summed E-state index contributed by atoms with van der Waals surface area (Å²) in [6.07, 6.45) is 0. The predicted octanol–water partition coefficient (Wildman–Crippen LogP) is 6.22. The van der Waals surface area contributed by atoms with Crippen molar-refractivity contribution < 1.29 is 9.47 Å². The van der Waals surface area contributed by atoms with Crippen molar-refractivity contribution in [3.63, 3.8) is 0 Å². The summed E-state index contributed by atoms with van der Waals surface area (Å²) in [6, 6.07) is 18.5. The van der Waals surface area contributed by atoms with E-state index in [1.54, 1.807) is 7.11 Å². The molecule has 0 fully saturated rings. The summed E-state index contributed by atoms with van der Waals surface area (Å²) in [5.74, 6) is 0.741. The number of benzene rings is 2. The van der Waals surface area contributed by atoms with Crippen LogP contribution in [0, 0.1) is 6.92 Å². The van der Waals surface area contributed by atoms with Gasteiger partial charge >= 0.3 is 0 Å². The second-order valence-electron chi connectivity index (χ2n) is 9.53. The molecule has 4 rings (SSSR count). The summed E-state index contributed by atoms with van der Waals surface area (Å²) in [4.78, 5) is 13.7. The molecule has 2 aromatic carbocycles. The van der Waals surface area contributed by atoms with Gasteiger partial charge in [0, 0.05) is 25.9 Å². The predicted molar refractivity (Wildman–Crippen MR) is 143 cm³/mol. The number of methoxy groups -OCH3 is 1. The highest BCUT2D eigenvalue weighted by atomic mass is 79.9. The lowest BCUT2D eigenvalue weighted by Gasteiger charge is -2.19. The molecule has 6 nitrogen and oxygen atoms in total. The first-order valence-corrected chi connectivity index (χ1v) is 15.8. The highest BCUT2D eigenvalue weighted by Gasteiger charge is 2.23. The average Bonchev–Trinajstić information content (AvgIpc) is 3.16. The first kappa shape index (κ1) is 24.4. The van der Waals surface area contributed by atoms with Crippen molar-refractivity contribution in [2.45, 2.75) is 39.3 Å². The van der Waals surface area contributed by atoms with Gasteiger partial charge in [-0.05, 0) is 46.6 Å². The normalized spacial score (nSPS) is 11.8. The smallest absolute Gasteiger partial charge is 0.282 e. The molecule has 178 valence electrons. The van der Waals surface area contributed by atoms with Gasteiger partial charge in [-0.1, -0.05) is 62.1 Å². The molecule has 2 aromatic heterocycles. The first-order chi connectivity index (χ1) is 16.2. The third kappa shape index (κ3) is 4.89. The lowest BCUT2D eigenvalue weighted by Crippen LogP contribution is -2.25. The fourth-order valence-electron chi connectivity index (χ4n) is 3.88. The van der Waals surface area contributed by atoms with E-state index in [0.29, 0.717) is 24.5 Å². The number of halogens is 1. The minimum absolute atomic E-state index is 0.168. The second-order valence-corrected chi connectivity index (χ2v) is 15.9. The Balaban J connectivity index is 1.89. The van der Waals surface area contributed by atoms with Crippen LogP contribution in [-0.4, -0.2) is 36.0 Å². The number of fused-ring (bicyclic) bond motifs is 1. The maximum Gasteiger partial charge on any atom is 0.282 e. The average molecular weight is 541 g/mol. The zero-order valence-corrected chi connectivity index (χ0v) is 22.8. The fourth-order valence-corrected chi connectivity index (χ4v) is 5.33. The van der Waals surface area contributed by atoms with Crippen LogP contribution in [0.2, 0.25) is 25.7 Å². The van der Waals surface area contributed by atoms with Crippen molar-refractivity contribution in [2.24, 2.45) is 0 Å². The molecular formula is C26H30BrN3O3Si. The van der Waals surface area contributed by atoms with Gasteiger partial charge in [-0.15, -0.1) is 0 Å². The van der Waals surface area contributed by atoms with E-state index in [-0.39, 0.29) is 5.56 Å². The van der Waals surface area contributed by atoms with Gasteiger partial charge in [0.1, 0.15) is 18.2 Å². The van der Waals surface area contributed by atoms with Crippen molar-refractivity contribution in [3.8, 4) is 28.1 Å². The molecular weight excluding hydrogens is 510 g/mol. The zero-order chi connectivity index (χ0) is 24.5. The van der Waals surface area contributed by atoms with E-state index in [1.165, 1.54) is 4.52 Å². The molecule has 0 radical (unpaired) electrons. The molecule has 0 unspecified atom stereocenters. The van der Waals surface area contributed by atoms with E-state index < -0.39 is 8.07 Å². The minimum Gasteiger partial charge on any atom is -0.497 e. The van der Waals surface area contributed by atoms with E-state index in [9.17, 15) is 4.79 Å². The number of hydrogen-bond acceptors (Lipinski definition) is 4. The summed E-state index contributed by atoms with van der Waals surface area (Å²) >= 11 is 3.74. The third-order valence-electron chi connectivity index (χ3n) is 5.88. The Labute approximate surface area is 209 Å². The number of ether oxygens (including phenoxy) is 2. The van der Waals surface area contributed by atoms with Crippen LogP contribution in [0.3, 0.4) is 0 Å². The molecule has 0 aliphatic carbocycles. The summed E-state index contributed by atoms with van der Waals surface area (Å²) in [5, 5.41) is 4.73. The quantitative estimate of drug-likeness (QED) is 0.197. The Morgan fingerprint density at radius 2 is 1.68 bits per heavy atom. The number of aromatic nitrogens is 3. The summed E-state index contributed by atoms with van der Waals surface area (Å²) in [6.45, 7) is 9.98. The Bertz CT molecular complexity index is 1360. The lowest BCUT2D eigenvalue weighted by atomic mass is 10.1. The van der Waals surface area contributed by atoms with Crippen LogP contribution in [0.15, 0.2) is 63.9 Å². The fraction of sp³-hybridized carbons (Fsp3) is 0.308. The van der Waals surface area contributed by atoms with Crippen LogP contribution in [-0.2, 0) is 11.5 Å². The van der Waals surface area contributed by atoms with Crippen LogP contribution in [0.4, 0.5) is 0 Å². The standard InChI is InChI=1S/C26H30BrN3O3Si/c1-18-22(19-11-13-21(32-2)14-12-19)26(31)30-25(29(18)17-33-15-16-34(3,4)5)23(27)24(28-30)20-9-7-6-8-10-20/h6-14H,15-17H2,1-5H3. The maximum absolute atomic E-state index is 13.7. The monoisotopic (exact) mass is 539 g/mol. The highest BCUT2D eigenvalue weighted by Crippen LogP contribution is 2.33. The van der Waals surface area contributed by atoms with Gasteiger partial charge in [0.05, 0.1) is 17.1 Å². The van der Waals surface area contributed by atoms with Crippen molar-refractivity contribution >= 4 is 29.7 Å². The molecule has 0 bridgehead atoms. The molecule has 8 heteroatoms. The van der Waals surface area contributed by atoms with E-state index in [1.807, 2.05) is 66.1 Å². The first-order valence-electron chi connectivity index (χ1n) is 11.3. The van der Waals surface area contributed by atoms with Crippen molar-refractivity contribution in [1.82, 2.24) is 14.2 Å². The van der Waals surface area contributed by atoms with Crippen LogP contribution < -0.4 is 10.3 Å². The Morgan fingerprint density at radius 1 is 1.00 bits per heavy atom. The van der Waals surface area contributed by atoms with Gasteiger partial charge < -0.3 is 14.0 Å². The topological polar surface area (TPSA) is 57.8 Å². The molecule has 0 aliphatic heterocycles. The molecule has 0 saturated heterocycles. The van der Waals surface area contributed by atoms with E-state index in [2.05, 4.69) is 35.6 Å². The van der Waals surface area contributed by atoms with Crippen LogP contribution in [0.1, 0.15) is 5.69 Å².